The summed E-state index contributed by atoms with van der Waals surface area (Å²) in [6.07, 6.45) is 0. The smallest absolute Gasteiger partial charge is 0.147 e. The van der Waals surface area contributed by atoms with Crippen molar-refractivity contribution in [1.82, 2.24) is 0 Å². The summed E-state index contributed by atoms with van der Waals surface area (Å²) >= 11 is 0. The maximum absolute atomic E-state index is 12.8. The molecule has 19 heavy (non-hydrogen) atoms. The molecule has 0 radical (unpaired) electrons. The van der Waals surface area contributed by atoms with Crippen LogP contribution in [0.15, 0.2) is 47.5 Å². The van der Waals surface area contributed by atoms with E-state index in [2.05, 4.69) is 10.3 Å². The lowest BCUT2D eigenvalue weighted by Crippen LogP contribution is -2.23. The Labute approximate surface area is 109 Å². The van der Waals surface area contributed by atoms with Crippen LogP contribution in [0.25, 0.3) is 0 Å². The fourth-order valence-corrected chi connectivity index (χ4v) is 1.83. The first-order valence-electron chi connectivity index (χ1n) is 5.83. The molecule has 3 rings (SSSR count). The fraction of sp³-hybridized carbons (Fsp3) is 0.0714. The summed E-state index contributed by atoms with van der Waals surface area (Å²) in [5.74, 6) is 1.07. The number of rotatable bonds is 1. The zero-order valence-corrected chi connectivity index (χ0v) is 10.1. The second-order valence-electron chi connectivity index (χ2n) is 4.21. The summed E-state index contributed by atoms with van der Waals surface area (Å²) in [7, 11) is 0. The minimum Gasteiger partial charge on any atom is -0.483 e. The molecule has 2 aromatic carbocycles. The first kappa shape index (κ1) is 11.5. The van der Waals surface area contributed by atoms with E-state index in [1.54, 1.807) is 30.3 Å². The Kier molecular flexibility index (Phi) is 2.79. The van der Waals surface area contributed by atoms with Crippen LogP contribution in [0.5, 0.6) is 5.75 Å². The molecular formula is C14H12FN3O. The minimum absolute atomic E-state index is 0.270. The number of ether oxygens (including phenoxy) is 1. The Bertz CT molecular complexity index is 638. The molecular weight excluding hydrogens is 245 g/mol. The summed E-state index contributed by atoms with van der Waals surface area (Å²) in [5, 5.41) is 3.09. The van der Waals surface area contributed by atoms with Gasteiger partial charge in [0, 0.05) is 17.4 Å². The van der Waals surface area contributed by atoms with Crippen LogP contribution < -0.4 is 15.8 Å². The Hall–Kier alpha value is -2.56. The van der Waals surface area contributed by atoms with E-state index in [1.165, 1.54) is 12.1 Å². The quantitative estimate of drug-likeness (QED) is 0.772. The third-order valence-corrected chi connectivity index (χ3v) is 2.74. The van der Waals surface area contributed by atoms with Crippen LogP contribution in [0, 0.1) is 5.82 Å². The average molecular weight is 257 g/mol. The molecule has 0 fully saturated rings. The van der Waals surface area contributed by atoms with E-state index in [4.69, 9.17) is 10.5 Å². The standard InChI is InChI=1S/C14H12FN3O/c15-9-1-4-11(5-2-9)17-14-8-19-13-7-10(16)3-6-12(13)18-14/h1-7H,8,16H2,(H,17,18). The number of hydrogen-bond donors (Lipinski definition) is 2. The molecule has 0 saturated carbocycles. The molecule has 1 aliphatic heterocycles. The molecule has 0 bridgehead atoms. The number of halogens is 1. The largest absolute Gasteiger partial charge is 0.483 e. The van der Waals surface area contributed by atoms with Gasteiger partial charge in [0.05, 0.1) is 0 Å². The first-order valence-corrected chi connectivity index (χ1v) is 5.83. The van der Waals surface area contributed by atoms with Gasteiger partial charge in [-0.15, -0.1) is 0 Å². The van der Waals surface area contributed by atoms with Crippen LogP contribution in [-0.2, 0) is 0 Å². The van der Waals surface area contributed by atoms with Gasteiger partial charge < -0.3 is 15.8 Å². The van der Waals surface area contributed by atoms with Crippen LogP contribution in [0.2, 0.25) is 0 Å². The summed E-state index contributed by atoms with van der Waals surface area (Å²) in [4.78, 5) is 4.44. The molecule has 0 aliphatic carbocycles. The van der Waals surface area contributed by atoms with Crippen molar-refractivity contribution in [3.63, 3.8) is 0 Å². The van der Waals surface area contributed by atoms with E-state index in [9.17, 15) is 4.39 Å². The number of fused-ring (bicyclic) bond motifs is 1. The topological polar surface area (TPSA) is 59.6 Å². The maximum Gasteiger partial charge on any atom is 0.147 e. The van der Waals surface area contributed by atoms with Gasteiger partial charge in [0.25, 0.3) is 0 Å². The number of amidine groups is 1. The normalized spacial score (nSPS) is 13.2. The molecule has 0 aromatic heterocycles. The Morgan fingerprint density at radius 2 is 1.95 bits per heavy atom. The second-order valence-corrected chi connectivity index (χ2v) is 4.21. The number of aliphatic imine (C=N–C) groups is 1. The molecule has 2 aromatic rings. The SMILES string of the molecule is Nc1ccc2c(c1)OCC(Nc1ccc(F)cc1)=N2. The molecule has 96 valence electrons. The van der Waals surface area contributed by atoms with Crippen molar-refractivity contribution < 1.29 is 9.13 Å². The molecule has 1 aliphatic rings. The molecule has 0 saturated heterocycles. The van der Waals surface area contributed by atoms with Crippen LogP contribution >= 0.6 is 0 Å². The van der Waals surface area contributed by atoms with Gasteiger partial charge in [-0.3, -0.25) is 0 Å². The van der Waals surface area contributed by atoms with Gasteiger partial charge in [-0.1, -0.05) is 0 Å². The van der Waals surface area contributed by atoms with E-state index >= 15 is 0 Å². The lowest BCUT2D eigenvalue weighted by atomic mass is 10.2. The van der Waals surface area contributed by atoms with E-state index in [1.807, 2.05) is 0 Å². The number of nitrogens with one attached hydrogen (secondary N) is 1. The van der Waals surface area contributed by atoms with Gasteiger partial charge in [-0.05, 0) is 36.4 Å². The monoisotopic (exact) mass is 257 g/mol. The van der Waals surface area contributed by atoms with E-state index in [0.717, 1.165) is 11.4 Å². The molecule has 0 spiro atoms. The highest BCUT2D eigenvalue weighted by atomic mass is 19.1. The number of anilines is 2. The van der Waals surface area contributed by atoms with Gasteiger partial charge in [0.15, 0.2) is 0 Å². The van der Waals surface area contributed by atoms with E-state index in [0.29, 0.717) is 23.9 Å². The maximum atomic E-state index is 12.8. The molecule has 0 amide bonds. The molecule has 5 heteroatoms. The molecule has 1 heterocycles. The fourth-order valence-electron chi connectivity index (χ4n) is 1.83. The Balaban J connectivity index is 1.83. The summed E-state index contributed by atoms with van der Waals surface area (Å²) in [6, 6.07) is 11.4. The third kappa shape index (κ3) is 2.49. The van der Waals surface area contributed by atoms with Gasteiger partial charge in [-0.25, -0.2) is 9.38 Å². The predicted molar refractivity (Wildman–Crippen MR) is 73.5 cm³/mol. The van der Waals surface area contributed by atoms with Crippen molar-refractivity contribution in [2.24, 2.45) is 4.99 Å². The van der Waals surface area contributed by atoms with E-state index in [-0.39, 0.29) is 5.82 Å². The molecule has 3 N–H and O–H groups in total. The summed E-state index contributed by atoms with van der Waals surface area (Å²) < 4.78 is 18.4. The van der Waals surface area contributed by atoms with Crippen molar-refractivity contribution in [1.29, 1.82) is 0 Å². The number of benzene rings is 2. The van der Waals surface area contributed by atoms with Crippen LogP contribution in [0.3, 0.4) is 0 Å². The molecule has 4 nitrogen and oxygen atoms in total. The van der Waals surface area contributed by atoms with Crippen molar-refractivity contribution in [3.8, 4) is 5.75 Å². The highest BCUT2D eigenvalue weighted by Crippen LogP contribution is 2.32. The average Bonchev–Trinajstić information content (AvgIpc) is 2.42. The van der Waals surface area contributed by atoms with Crippen molar-refractivity contribution in [3.05, 3.63) is 48.3 Å². The summed E-state index contributed by atoms with van der Waals surface area (Å²) in [6.45, 7) is 0.327. The zero-order chi connectivity index (χ0) is 13.2. The zero-order valence-electron chi connectivity index (χ0n) is 10.1. The van der Waals surface area contributed by atoms with Crippen LogP contribution in [0.4, 0.5) is 21.5 Å². The van der Waals surface area contributed by atoms with Crippen molar-refractivity contribution in [2.75, 3.05) is 17.7 Å². The highest BCUT2D eigenvalue weighted by molar-refractivity contribution is 5.99. The van der Waals surface area contributed by atoms with Gasteiger partial charge in [-0.2, -0.15) is 0 Å². The van der Waals surface area contributed by atoms with Crippen molar-refractivity contribution >= 4 is 22.9 Å². The number of nitrogens with zero attached hydrogens (tertiary/aromatic N) is 1. The first-order chi connectivity index (χ1) is 9.20. The number of nitrogens with two attached hydrogens (primary N) is 1. The van der Waals surface area contributed by atoms with Crippen LogP contribution in [-0.4, -0.2) is 12.4 Å². The Morgan fingerprint density at radius 3 is 2.74 bits per heavy atom. The van der Waals surface area contributed by atoms with Gasteiger partial charge >= 0.3 is 0 Å². The lowest BCUT2D eigenvalue weighted by molar-refractivity contribution is 0.372. The lowest BCUT2D eigenvalue weighted by Gasteiger charge is -2.18. The number of hydrogen-bond acceptors (Lipinski definition) is 4. The van der Waals surface area contributed by atoms with Gasteiger partial charge in [0.1, 0.15) is 29.7 Å². The second kappa shape index (κ2) is 4.61. The molecule has 0 unspecified atom stereocenters. The van der Waals surface area contributed by atoms with E-state index < -0.39 is 0 Å². The predicted octanol–water partition coefficient (Wildman–Crippen LogP) is 2.94. The van der Waals surface area contributed by atoms with Crippen LogP contribution in [0.1, 0.15) is 0 Å². The third-order valence-electron chi connectivity index (χ3n) is 2.74. The van der Waals surface area contributed by atoms with Gasteiger partial charge in [0.2, 0.25) is 0 Å². The van der Waals surface area contributed by atoms with Crippen molar-refractivity contribution in [2.45, 2.75) is 0 Å². The summed E-state index contributed by atoms with van der Waals surface area (Å²) in [5.41, 5.74) is 7.81. The highest BCUT2D eigenvalue weighted by Gasteiger charge is 2.13. The number of nitrogen functional groups attached to an aromatic ring is 1. The Morgan fingerprint density at radius 1 is 1.16 bits per heavy atom. The minimum atomic E-state index is -0.270. The molecule has 0 atom stereocenters.